The van der Waals surface area contributed by atoms with Gasteiger partial charge in [0, 0.05) is 30.8 Å². The van der Waals surface area contributed by atoms with Gasteiger partial charge in [0.2, 0.25) is 0 Å². The minimum Gasteiger partial charge on any atom is -0.458 e. The Hall–Kier alpha value is -1.23. The first-order chi connectivity index (χ1) is 25.6. The van der Waals surface area contributed by atoms with Crippen LogP contribution in [0.1, 0.15) is 112 Å². The number of carbonyl (C=O) groups is 1. The number of carbonyl (C=O) groups excluding carboxylic acids is 1. The molecule has 13 nitrogen and oxygen atoms in total. The van der Waals surface area contributed by atoms with Gasteiger partial charge in [0.25, 0.3) is 0 Å². The lowest BCUT2D eigenvalue weighted by Crippen LogP contribution is -2.62. The number of aliphatic hydroxyl groups excluding tert-OH is 4. The minimum atomic E-state index is -0.996. The Labute approximate surface area is 319 Å². The van der Waals surface area contributed by atoms with Crippen LogP contribution in [-0.4, -0.2) is 124 Å². The van der Waals surface area contributed by atoms with Crippen LogP contribution < -0.4 is 0 Å². The molecule has 4 saturated carbocycles. The third-order valence-electron chi connectivity index (χ3n) is 15.9. The van der Waals surface area contributed by atoms with E-state index in [-0.39, 0.29) is 54.0 Å². The molecule has 0 amide bonds. The quantitative estimate of drug-likeness (QED) is 0.188. The average Bonchev–Trinajstić information content (AvgIpc) is 3.66. The number of hydrogen-bond acceptors (Lipinski definition) is 13. The van der Waals surface area contributed by atoms with Crippen molar-refractivity contribution in [3.05, 3.63) is 11.6 Å². The molecule has 0 spiro atoms. The molecule has 8 rings (SSSR count). The Morgan fingerprint density at radius 2 is 1.30 bits per heavy atom. The summed E-state index contributed by atoms with van der Waals surface area (Å²) in [7, 11) is 0. The van der Waals surface area contributed by atoms with E-state index in [1.807, 2.05) is 6.92 Å². The molecule has 306 valence electrons. The van der Waals surface area contributed by atoms with E-state index in [1.54, 1.807) is 19.9 Å². The van der Waals surface area contributed by atoms with Crippen molar-refractivity contribution in [2.24, 2.45) is 34.5 Å². The van der Waals surface area contributed by atoms with E-state index in [2.05, 4.69) is 13.8 Å². The molecule has 4 aliphatic heterocycles. The Morgan fingerprint density at radius 3 is 1.89 bits per heavy atom. The fourth-order valence-electron chi connectivity index (χ4n) is 12.8. The van der Waals surface area contributed by atoms with Crippen LogP contribution in [0.5, 0.6) is 0 Å². The standard InChI is InChI=1S/C41H64O13/c1-20-36(46)29(42)16-34(49-20)53-38-22(3)51-35(18-31(38)44)54-37-21(2)50-33(17-30(37)43)52-25-8-11-39(4)24(15-25)6-7-28-27(39)9-12-40(5)26(10-13-41(28,40)47)23-14-32(45)48-19-23/h14,20-22,24-31,33-38,42-44,46-47H,6-13,15-19H2,1-5H3/t20-,21+,22+,24-,25+,26-,27+,28-,29+,30+,31+,33+,34+,35+,36-,37-,38-,39+,40-,41+/m1/s1. The molecule has 20 atom stereocenters. The maximum absolute atomic E-state index is 12.6. The van der Waals surface area contributed by atoms with Crippen molar-refractivity contribution >= 4 is 5.97 Å². The zero-order valence-corrected chi connectivity index (χ0v) is 32.6. The van der Waals surface area contributed by atoms with Crippen molar-refractivity contribution in [1.82, 2.24) is 0 Å². The molecule has 0 bridgehead atoms. The molecule has 0 radical (unpaired) electrons. The highest BCUT2D eigenvalue weighted by Gasteiger charge is 2.68. The first kappa shape index (κ1) is 39.6. The maximum atomic E-state index is 12.6. The molecular weight excluding hydrogens is 700 g/mol. The monoisotopic (exact) mass is 764 g/mol. The van der Waals surface area contributed by atoms with Gasteiger partial charge in [-0.15, -0.1) is 0 Å². The predicted molar refractivity (Wildman–Crippen MR) is 191 cm³/mol. The fourth-order valence-corrected chi connectivity index (χ4v) is 12.8. The van der Waals surface area contributed by atoms with Crippen LogP contribution in [0.2, 0.25) is 0 Å². The molecule has 4 aliphatic carbocycles. The van der Waals surface area contributed by atoms with Gasteiger partial charge in [-0.2, -0.15) is 0 Å². The van der Waals surface area contributed by atoms with Gasteiger partial charge in [-0.3, -0.25) is 0 Å². The van der Waals surface area contributed by atoms with Gasteiger partial charge in [0.1, 0.15) is 24.9 Å². The van der Waals surface area contributed by atoms with E-state index in [0.29, 0.717) is 18.4 Å². The summed E-state index contributed by atoms with van der Waals surface area (Å²) in [5, 5.41) is 55.0. The summed E-state index contributed by atoms with van der Waals surface area (Å²) in [5.41, 5.74) is 0.215. The Bertz CT molecular complexity index is 1370. The molecule has 13 heteroatoms. The predicted octanol–water partition coefficient (Wildman–Crippen LogP) is 3.25. The van der Waals surface area contributed by atoms with Crippen molar-refractivity contribution in [3.63, 3.8) is 0 Å². The van der Waals surface area contributed by atoms with Crippen LogP contribution in [0.4, 0.5) is 0 Å². The van der Waals surface area contributed by atoms with Gasteiger partial charge in [0.15, 0.2) is 18.9 Å². The van der Waals surface area contributed by atoms with Crippen LogP contribution in [-0.2, 0) is 38.0 Å². The summed E-state index contributed by atoms with van der Waals surface area (Å²) < 4.78 is 42.2. The van der Waals surface area contributed by atoms with Crippen molar-refractivity contribution in [1.29, 1.82) is 0 Å². The highest BCUT2D eigenvalue weighted by molar-refractivity contribution is 5.85. The van der Waals surface area contributed by atoms with Gasteiger partial charge in [-0.25, -0.2) is 4.79 Å². The molecule has 5 N–H and O–H groups in total. The zero-order chi connectivity index (χ0) is 38.3. The van der Waals surface area contributed by atoms with Crippen LogP contribution in [0.15, 0.2) is 11.6 Å². The number of fused-ring (bicyclic) bond motifs is 5. The Morgan fingerprint density at radius 1 is 0.685 bits per heavy atom. The van der Waals surface area contributed by atoms with Crippen LogP contribution in [0.25, 0.3) is 0 Å². The fraction of sp³-hybridized carbons (Fsp3) is 0.927. The number of ether oxygens (including phenoxy) is 7. The van der Waals surface area contributed by atoms with Crippen molar-refractivity contribution in [2.75, 3.05) is 6.61 Å². The summed E-state index contributed by atoms with van der Waals surface area (Å²) in [4.78, 5) is 11.9. The maximum Gasteiger partial charge on any atom is 0.331 e. The molecule has 0 aromatic carbocycles. The summed E-state index contributed by atoms with van der Waals surface area (Å²) in [5.74, 6) is 1.13. The lowest BCUT2D eigenvalue weighted by atomic mass is 9.43. The van der Waals surface area contributed by atoms with Gasteiger partial charge < -0.3 is 58.7 Å². The van der Waals surface area contributed by atoms with Crippen LogP contribution in [0, 0.1) is 34.5 Å². The normalized spacial score (nSPS) is 55.0. The second-order valence-corrected chi connectivity index (χ2v) is 18.7. The van der Waals surface area contributed by atoms with E-state index < -0.39 is 79.4 Å². The van der Waals surface area contributed by atoms with Gasteiger partial charge in [-0.1, -0.05) is 13.8 Å². The summed E-state index contributed by atoms with van der Waals surface area (Å²) >= 11 is 0. The number of cyclic esters (lactones) is 1. The van der Waals surface area contributed by atoms with Crippen LogP contribution in [0.3, 0.4) is 0 Å². The van der Waals surface area contributed by atoms with Crippen molar-refractivity contribution in [3.8, 4) is 0 Å². The molecule has 54 heavy (non-hydrogen) atoms. The van der Waals surface area contributed by atoms with Gasteiger partial charge in [0.05, 0.1) is 48.3 Å². The molecule has 0 aromatic rings. The van der Waals surface area contributed by atoms with Gasteiger partial charge >= 0.3 is 5.97 Å². The molecule has 8 aliphatic rings. The smallest absolute Gasteiger partial charge is 0.331 e. The Balaban J connectivity index is 0.826. The second kappa shape index (κ2) is 14.9. The highest BCUT2D eigenvalue weighted by atomic mass is 16.7. The number of hydrogen-bond donors (Lipinski definition) is 5. The van der Waals surface area contributed by atoms with E-state index in [4.69, 9.17) is 33.2 Å². The average molecular weight is 765 g/mol. The van der Waals surface area contributed by atoms with Gasteiger partial charge in [-0.05, 0) is 113 Å². The molecular formula is C41H64O13. The SMILES string of the molecule is C[C@@H]1O[C@@H](O[C@H]2CC[C@@]3(C)[C@H](CC[C@@H]4[C@@H]3CC[C@]3(C)[C@@H](C5=CC(=O)OC5)CC[C@]43O)C2)C[C@H](O)[C@@H]1O[C@H]1C[C@H](O)[C@H](O[C@H]2C[C@H](O)[C@H](O)[C@@H](C)O2)[C@H](C)O1. The lowest BCUT2D eigenvalue weighted by molar-refractivity contribution is -0.336. The number of esters is 1. The van der Waals surface area contributed by atoms with Crippen LogP contribution >= 0.6 is 0 Å². The minimum absolute atomic E-state index is 0.0243. The number of aliphatic hydroxyl groups is 5. The lowest BCUT2D eigenvalue weighted by Gasteiger charge is -2.64. The third kappa shape index (κ3) is 6.82. The second-order valence-electron chi connectivity index (χ2n) is 18.7. The van der Waals surface area contributed by atoms with Crippen molar-refractivity contribution < 1.29 is 63.5 Å². The highest BCUT2D eigenvalue weighted by Crippen LogP contribution is 2.70. The van der Waals surface area contributed by atoms with E-state index >= 15 is 0 Å². The summed E-state index contributed by atoms with van der Waals surface area (Å²) in [6, 6.07) is 0. The van der Waals surface area contributed by atoms with E-state index in [1.165, 1.54) is 0 Å². The third-order valence-corrected chi connectivity index (χ3v) is 15.9. The van der Waals surface area contributed by atoms with E-state index in [9.17, 15) is 30.3 Å². The molecule has 4 heterocycles. The molecule has 3 saturated heterocycles. The topological polar surface area (TPSA) is 183 Å². The van der Waals surface area contributed by atoms with Crippen molar-refractivity contribution in [2.45, 2.75) is 197 Å². The molecule has 0 unspecified atom stereocenters. The molecule has 0 aromatic heterocycles. The Kier molecular flexibility index (Phi) is 10.9. The zero-order valence-electron chi connectivity index (χ0n) is 32.6. The first-order valence-corrected chi connectivity index (χ1v) is 20.8. The summed E-state index contributed by atoms with van der Waals surface area (Å²) in [6.45, 7) is 10.4. The largest absolute Gasteiger partial charge is 0.458 e. The summed E-state index contributed by atoms with van der Waals surface area (Å²) in [6.07, 6.45) is 1.90. The number of rotatable bonds is 7. The van der Waals surface area contributed by atoms with E-state index in [0.717, 1.165) is 63.4 Å². The molecule has 7 fully saturated rings. The first-order valence-electron chi connectivity index (χ1n) is 20.8.